The Morgan fingerprint density at radius 2 is 2.28 bits per heavy atom. The van der Waals surface area contributed by atoms with Crippen LogP contribution in [0.1, 0.15) is 48.9 Å². The molecule has 0 spiro atoms. The Kier molecular flexibility index (Phi) is 5.22. The van der Waals surface area contributed by atoms with Crippen molar-refractivity contribution in [1.82, 2.24) is 5.32 Å². The minimum atomic E-state index is 0.432. The molecule has 18 heavy (non-hydrogen) atoms. The molecule has 2 nitrogen and oxygen atoms in total. The molecule has 2 heterocycles. The highest BCUT2D eigenvalue weighted by Crippen LogP contribution is 2.37. The molecule has 3 atom stereocenters. The summed E-state index contributed by atoms with van der Waals surface area (Å²) in [4.78, 5) is 2.88. The van der Waals surface area contributed by atoms with Gasteiger partial charge in [0.2, 0.25) is 0 Å². The maximum absolute atomic E-state index is 5.87. The van der Waals surface area contributed by atoms with Crippen molar-refractivity contribution in [3.8, 4) is 0 Å². The molecule has 3 heteroatoms. The van der Waals surface area contributed by atoms with Crippen LogP contribution in [-0.2, 0) is 4.74 Å². The number of rotatable bonds is 6. The molecule has 0 amide bonds. The Bertz CT molecular complexity index is 363. The zero-order valence-corrected chi connectivity index (χ0v) is 12.6. The largest absolute Gasteiger partial charge is 0.378 e. The van der Waals surface area contributed by atoms with Crippen LogP contribution in [0.4, 0.5) is 0 Å². The molecule has 0 radical (unpaired) electrons. The molecule has 1 aliphatic rings. The van der Waals surface area contributed by atoms with E-state index in [0.29, 0.717) is 18.1 Å². The molecule has 1 aromatic rings. The van der Waals surface area contributed by atoms with Gasteiger partial charge in [-0.2, -0.15) is 0 Å². The van der Waals surface area contributed by atoms with Crippen molar-refractivity contribution in [2.24, 2.45) is 5.92 Å². The molecule has 1 aliphatic heterocycles. The summed E-state index contributed by atoms with van der Waals surface area (Å²) in [6.07, 6.45) is 3.93. The summed E-state index contributed by atoms with van der Waals surface area (Å²) in [6.45, 7) is 8.67. The molecule has 0 bridgehead atoms. The fourth-order valence-electron chi connectivity index (χ4n) is 2.85. The van der Waals surface area contributed by atoms with E-state index in [1.165, 1.54) is 22.6 Å². The van der Waals surface area contributed by atoms with Crippen molar-refractivity contribution in [3.63, 3.8) is 0 Å². The van der Waals surface area contributed by atoms with Gasteiger partial charge < -0.3 is 10.1 Å². The minimum Gasteiger partial charge on any atom is -0.378 e. The maximum atomic E-state index is 5.87. The van der Waals surface area contributed by atoms with Gasteiger partial charge in [-0.1, -0.05) is 13.8 Å². The van der Waals surface area contributed by atoms with E-state index >= 15 is 0 Å². The monoisotopic (exact) mass is 267 g/mol. The standard InChI is InChI=1S/C15H25NOS/c1-4-9-16-15(14-7-6-11(3)18-14)12-8-10-17-13(12)5-2/h6-7,12-13,15-16H,4-5,8-10H2,1-3H3. The Hall–Kier alpha value is -0.380. The predicted octanol–water partition coefficient (Wildman–Crippen LogP) is 3.91. The van der Waals surface area contributed by atoms with E-state index in [2.05, 4.69) is 38.2 Å². The van der Waals surface area contributed by atoms with E-state index in [1.54, 1.807) is 0 Å². The van der Waals surface area contributed by atoms with Gasteiger partial charge in [0.25, 0.3) is 0 Å². The smallest absolute Gasteiger partial charge is 0.0620 e. The average molecular weight is 267 g/mol. The lowest BCUT2D eigenvalue weighted by molar-refractivity contribution is 0.0778. The summed E-state index contributed by atoms with van der Waals surface area (Å²) in [5, 5.41) is 3.74. The summed E-state index contributed by atoms with van der Waals surface area (Å²) in [7, 11) is 0. The third-order valence-electron chi connectivity index (χ3n) is 3.77. The van der Waals surface area contributed by atoms with Gasteiger partial charge in [-0.05, 0) is 44.9 Å². The zero-order chi connectivity index (χ0) is 13.0. The van der Waals surface area contributed by atoms with Gasteiger partial charge >= 0.3 is 0 Å². The number of aryl methyl sites for hydroxylation is 1. The Morgan fingerprint density at radius 3 is 2.89 bits per heavy atom. The van der Waals surface area contributed by atoms with Gasteiger partial charge in [-0.25, -0.2) is 0 Å². The van der Waals surface area contributed by atoms with Gasteiger partial charge in [0.15, 0.2) is 0 Å². The third-order valence-corrected chi connectivity index (χ3v) is 4.86. The quantitative estimate of drug-likeness (QED) is 0.843. The number of hydrogen-bond acceptors (Lipinski definition) is 3. The number of hydrogen-bond donors (Lipinski definition) is 1. The van der Waals surface area contributed by atoms with E-state index in [1.807, 2.05) is 11.3 Å². The lowest BCUT2D eigenvalue weighted by atomic mass is 9.90. The van der Waals surface area contributed by atoms with Gasteiger partial charge in [0.05, 0.1) is 6.10 Å². The molecule has 1 fully saturated rings. The summed E-state index contributed by atoms with van der Waals surface area (Å²) in [5.41, 5.74) is 0. The summed E-state index contributed by atoms with van der Waals surface area (Å²) in [6, 6.07) is 5.01. The number of thiophene rings is 1. The number of nitrogens with one attached hydrogen (secondary N) is 1. The molecule has 0 aromatic carbocycles. The average Bonchev–Trinajstić information content (AvgIpc) is 2.99. The van der Waals surface area contributed by atoms with Crippen molar-refractivity contribution >= 4 is 11.3 Å². The highest BCUT2D eigenvalue weighted by atomic mass is 32.1. The van der Waals surface area contributed by atoms with Crippen LogP contribution in [0.15, 0.2) is 12.1 Å². The Morgan fingerprint density at radius 1 is 1.44 bits per heavy atom. The molecule has 2 rings (SSSR count). The maximum Gasteiger partial charge on any atom is 0.0620 e. The van der Waals surface area contributed by atoms with Crippen molar-refractivity contribution in [2.45, 2.75) is 52.2 Å². The van der Waals surface area contributed by atoms with E-state index in [9.17, 15) is 0 Å². The highest BCUT2D eigenvalue weighted by molar-refractivity contribution is 7.12. The second-order valence-corrected chi connectivity index (χ2v) is 6.47. The van der Waals surface area contributed by atoms with E-state index in [4.69, 9.17) is 4.74 Å². The Labute approximate surface area is 115 Å². The lowest BCUT2D eigenvalue weighted by Gasteiger charge is -2.27. The predicted molar refractivity (Wildman–Crippen MR) is 78.2 cm³/mol. The molecule has 0 saturated carbocycles. The normalized spacial score (nSPS) is 25.5. The molecular weight excluding hydrogens is 242 g/mol. The van der Waals surface area contributed by atoms with Gasteiger partial charge in [-0.3, -0.25) is 0 Å². The van der Waals surface area contributed by atoms with Crippen molar-refractivity contribution in [3.05, 3.63) is 21.9 Å². The molecule has 102 valence electrons. The number of ether oxygens (including phenoxy) is 1. The first-order valence-electron chi connectivity index (χ1n) is 7.17. The summed E-state index contributed by atoms with van der Waals surface area (Å²) >= 11 is 1.93. The van der Waals surface area contributed by atoms with Crippen molar-refractivity contribution in [2.75, 3.05) is 13.2 Å². The van der Waals surface area contributed by atoms with Gasteiger partial charge in [0.1, 0.15) is 0 Å². The topological polar surface area (TPSA) is 21.3 Å². The van der Waals surface area contributed by atoms with Crippen molar-refractivity contribution < 1.29 is 4.74 Å². The molecule has 1 aromatic heterocycles. The van der Waals surface area contributed by atoms with Crippen LogP contribution in [-0.4, -0.2) is 19.3 Å². The minimum absolute atomic E-state index is 0.432. The fourth-order valence-corrected chi connectivity index (χ4v) is 3.88. The zero-order valence-electron chi connectivity index (χ0n) is 11.7. The van der Waals surface area contributed by atoms with Crippen LogP contribution in [0, 0.1) is 12.8 Å². The van der Waals surface area contributed by atoms with Crippen molar-refractivity contribution in [1.29, 1.82) is 0 Å². The fraction of sp³-hybridized carbons (Fsp3) is 0.733. The van der Waals surface area contributed by atoms with Gasteiger partial charge in [-0.15, -0.1) is 11.3 Å². The van der Waals surface area contributed by atoms with Crippen LogP contribution in [0.25, 0.3) is 0 Å². The molecule has 1 N–H and O–H groups in total. The molecule has 1 saturated heterocycles. The summed E-state index contributed by atoms with van der Waals surface area (Å²) < 4.78 is 5.87. The second-order valence-electron chi connectivity index (χ2n) is 5.15. The SMILES string of the molecule is CCCNC(c1ccc(C)s1)C1CCOC1CC. The van der Waals surface area contributed by atoms with Crippen LogP contribution >= 0.6 is 11.3 Å². The van der Waals surface area contributed by atoms with Crippen LogP contribution in [0.5, 0.6) is 0 Å². The van der Waals surface area contributed by atoms with E-state index in [0.717, 1.165) is 19.6 Å². The second kappa shape index (κ2) is 6.69. The van der Waals surface area contributed by atoms with Crippen LogP contribution in [0.3, 0.4) is 0 Å². The first kappa shape index (κ1) is 14.0. The molecule has 0 aliphatic carbocycles. The van der Waals surface area contributed by atoms with Crippen LogP contribution < -0.4 is 5.32 Å². The molecular formula is C15H25NOS. The van der Waals surface area contributed by atoms with E-state index < -0.39 is 0 Å². The van der Waals surface area contributed by atoms with Gasteiger partial charge in [0, 0.05) is 28.3 Å². The van der Waals surface area contributed by atoms with E-state index in [-0.39, 0.29) is 0 Å². The lowest BCUT2D eigenvalue weighted by Crippen LogP contribution is -2.32. The third kappa shape index (κ3) is 3.14. The first-order valence-corrected chi connectivity index (χ1v) is 7.99. The summed E-state index contributed by atoms with van der Waals surface area (Å²) in [5.74, 6) is 0.639. The first-order chi connectivity index (χ1) is 8.76. The van der Waals surface area contributed by atoms with Crippen LogP contribution in [0.2, 0.25) is 0 Å². The molecule has 3 unspecified atom stereocenters. The Balaban J connectivity index is 2.13. The highest BCUT2D eigenvalue weighted by Gasteiger charge is 2.34.